The zero-order valence-electron chi connectivity index (χ0n) is 17.2. The molecule has 0 aliphatic carbocycles. The molecule has 29 heavy (non-hydrogen) atoms. The molecule has 152 valence electrons. The van der Waals surface area contributed by atoms with Crippen LogP contribution >= 0.6 is 0 Å². The first-order chi connectivity index (χ1) is 13.8. The van der Waals surface area contributed by atoms with Crippen molar-refractivity contribution in [2.24, 2.45) is 0 Å². The van der Waals surface area contributed by atoms with Crippen molar-refractivity contribution in [1.82, 2.24) is 24.4 Å². The van der Waals surface area contributed by atoms with Crippen LogP contribution in [0.3, 0.4) is 0 Å². The highest BCUT2D eigenvalue weighted by atomic mass is 16.6. The number of rotatable bonds is 3. The Bertz CT molecular complexity index is 1020. The van der Waals surface area contributed by atoms with Gasteiger partial charge < -0.3 is 15.0 Å². The van der Waals surface area contributed by atoms with Gasteiger partial charge in [-0.2, -0.15) is 4.98 Å². The fourth-order valence-electron chi connectivity index (χ4n) is 3.33. The largest absolute Gasteiger partial charge is 0.444 e. The number of hydrogen-bond acceptors (Lipinski definition) is 6. The minimum atomic E-state index is -0.495. The van der Waals surface area contributed by atoms with Crippen LogP contribution in [0.4, 0.5) is 10.7 Å². The van der Waals surface area contributed by atoms with Crippen molar-refractivity contribution >= 4 is 23.2 Å². The molecule has 0 radical (unpaired) electrons. The van der Waals surface area contributed by atoms with Crippen molar-refractivity contribution in [3.63, 3.8) is 0 Å². The van der Waals surface area contributed by atoms with Crippen LogP contribution in [0.25, 0.3) is 16.9 Å². The fourth-order valence-corrected chi connectivity index (χ4v) is 3.33. The van der Waals surface area contributed by atoms with Crippen molar-refractivity contribution in [1.29, 1.82) is 0 Å². The van der Waals surface area contributed by atoms with Crippen LogP contribution in [-0.4, -0.2) is 55.2 Å². The number of ether oxygens (including phenoxy) is 1. The highest BCUT2D eigenvalue weighted by molar-refractivity contribution is 5.73. The molecule has 3 heterocycles. The van der Waals surface area contributed by atoms with Crippen molar-refractivity contribution in [2.75, 3.05) is 18.4 Å². The molecule has 1 N–H and O–H groups in total. The van der Waals surface area contributed by atoms with Crippen LogP contribution in [-0.2, 0) is 4.74 Å². The Morgan fingerprint density at radius 3 is 2.69 bits per heavy atom. The highest BCUT2D eigenvalue weighted by Crippen LogP contribution is 2.20. The summed E-state index contributed by atoms with van der Waals surface area (Å²) in [6.07, 6.45) is 4.01. The zero-order chi connectivity index (χ0) is 20.6. The van der Waals surface area contributed by atoms with E-state index in [1.165, 1.54) is 5.56 Å². The molecule has 0 saturated carbocycles. The molecule has 3 aromatic rings. The lowest BCUT2D eigenvalue weighted by Crippen LogP contribution is -2.36. The van der Waals surface area contributed by atoms with E-state index in [-0.39, 0.29) is 12.1 Å². The quantitative estimate of drug-likeness (QED) is 0.731. The third-order valence-electron chi connectivity index (χ3n) is 4.78. The van der Waals surface area contributed by atoms with Crippen molar-refractivity contribution < 1.29 is 9.53 Å². The van der Waals surface area contributed by atoms with Gasteiger partial charge in [0.15, 0.2) is 5.65 Å². The molecule has 1 aromatic carbocycles. The molecular weight excluding hydrogens is 368 g/mol. The topological polar surface area (TPSA) is 85.2 Å². The van der Waals surface area contributed by atoms with Crippen LogP contribution in [0, 0.1) is 6.92 Å². The maximum atomic E-state index is 12.3. The summed E-state index contributed by atoms with van der Waals surface area (Å²) in [6, 6.07) is 8.29. The zero-order valence-corrected chi connectivity index (χ0v) is 17.2. The van der Waals surface area contributed by atoms with Gasteiger partial charge in [-0.3, -0.25) is 4.57 Å². The van der Waals surface area contributed by atoms with Crippen molar-refractivity contribution in [2.45, 2.75) is 45.8 Å². The molecule has 0 spiro atoms. The maximum absolute atomic E-state index is 12.3. The first-order valence-electron chi connectivity index (χ1n) is 9.80. The molecule has 2 aromatic heterocycles. The molecule has 1 aliphatic heterocycles. The number of fused-ring (bicyclic) bond motifs is 1. The standard InChI is InChI=1S/C21H26N6O2/c1-14-5-7-16(8-6-14)27-13-23-17-11-22-19(25-18(17)27)24-15-9-10-26(12-15)20(28)29-21(2,3)4/h5-8,11,13,15H,9-10,12H2,1-4H3,(H,22,24,25)/t15-/m1/s1. The Kier molecular flexibility index (Phi) is 4.86. The van der Waals surface area contributed by atoms with Crippen LogP contribution in [0.2, 0.25) is 0 Å². The van der Waals surface area contributed by atoms with Gasteiger partial charge in [-0.15, -0.1) is 0 Å². The first-order valence-corrected chi connectivity index (χ1v) is 9.80. The summed E-state index contributed by atoms with van der Waals surface area (Å²) < 4.78 is 7.40. The number of aromatic nitrogens is 4. The van der Waals surface area contributed by atoms with Crippen LogP contribution < -0.4 is 5.32 Å². The Balaban J connectivity index is 1.48. The lowest BCUT2D eigenvalue weighted by atomic mass is 10.2. The molecule has 1 amide bonds. The van der Waals surface area contributed by atoms with Crippen LogP contribution in [0.5, 0.6) is 0 Å². The normalized spacial score (nSPS) is 17.0. The summed E-state index contributed by atoms with van der Waals surface area (Å²) in [7, 11) is 0. The van der Waals surface area contributed by atoms with Crippen LogP contribution in [0.15, 0.2) is 36.8 Å². The number of hydrogen-bond donors (Lipinski definition) is 1. The molecule has 1 aliphatic rings. The second kappa shape index (κ2) is 7.35. The van der Waals surface area contributed by atoms with E-state index in [2.05, 4.69) is 39.3 Å². The number of benzene rings is 1. The smallest absolute Gasteiger partial charge is 0.410 e. The van der Waals surface area contributed by atoms with E-state index in [9.17, 15) is 4.79 Å². The lowest BCUT2D eigenvalue weighted by Gasteiger charge is -2.24. The van der Waals surface area contributed by atoms with E-state index >= 15 is 0 Å². The Hall–Kier alpha value is -3.16. The number of carbonyl (C=O) groups is 1. The number of nitrogens with one attached hydrogen (secondary N) is 1. The van der Waals surface area contributed by atoms with Gasteiger partial charge in [0.25, 0.3) is 0 Å². The van der Waals surface area contributed by atoms with Gasteiger partial charge in [-0.1, -0.05) is 17.7 Å². The van der Waals surface area contributed by atoms with Gasteiger partial charge in [0.1, 0.15) is 17.4 Å². The minimum Gasteiger partial charge on any atom is -0.444 e. The fraction of sp³-hybridized carbons (Fsp3) is 0.429. The van der Waals surface area contributed by atoms with E-state index in [1.54, 1.807) is 17.4 Å². The van der Waals surface area contributed by atoms with Gasteiger partial charge in [0, 0.05) is 24.8 Å². The molecule has 1 saturated heterocycles. The third kappa shape index (κ3) is 4.31. The number of amides is 1. The van der Waals surface area contributed by atoms with Gasteiger partial charge in [0.05, 0.1) is 6.20 Å². The molecule has 1 atom stereocenters. The van der Waals surface area contributed by atoms with Gasteiger partial charge in [-0.25, -0.2) is 14.8 Å². The Labute approximate surface area is 169 Å². The molecule has 0 unspecified atom stereocenters. The minimum absolute atomic E-state index is 0.0794. The van der Waals surface area contributed by atoms with Gasteiger partial charge in [0.2, 0.25) is 5.95 Å². The molecule has 4 rings (SSSR count). The highest BCUT2D eigenvalue weighted by Gasteiger charge is 2.30. The molecule has 0 bridgehead atoms. The van der Waals surface area contributed by atoms with Crippen molar-refractivity contribution in [3.05, 3.63) is 42.4 Å². The van der Waals surface area contributed by atoms with E-state index < -0.39 is 5.60 Å². The average molecular weight is 394 g/mol. The van der Waals surface area contributed by atoms with Crippen LogP contribution in [0.1, 0.15) is 32.8 Å². The predicted octanol–water partition coefficient (Wildman–Crippen LogP) is 3.55. The summed E-state index contributed by atoms with van der Waals surface area (Å²) in [5.74, 6) is 0.530. The Morgan fingerprint density at radius 2 is 1.97 bits per heavy atom. The van der Waals surface area contributed by atoms with E-state index in [4.69, 9.17) is 4.74 Å². The van der Waals surface area contributed by atoms with E-state index in [0.717, 1.165) is 23.3 Å². The molecular formula is C21H26N6O2. The summed E-state index contributed by atoms with van der Waals surface area (Å²) >= 11 is 0. The Morgan fingerprint density at radius 1 is 1.21 bits per heavy atom. The molecule has 8 nitrogen and oxygen atoms in total. The number of carbonyl (C=O) groups excluding carboxylic acids is 1. The monoisotopic (exact) mass is 394 g/mol. The number of anilines is 1. The first kappa shape index (κ1) is 19.2. The van der Waals surface area contributed by atoms with Gasteiger partial charge >= 0.3 is 6.09 Å². The lowest BCUT2D eigenvalue weighted by molar-refractivity contribution is 0.0293. The third-order valence-corrected chi connectivity index (χ3v) is 4.78. The molecule has 1 fully saturated rings. The maximum Gasteiger partial charge on any atom is 0.410 e. The van der Waals surface area contributed by atoms with E-state index in [0.29, 0.717) is 19.0 Å². The van der Waals surface area contributed by atoms with E-state index in [1.807, 2.05) is 37.5 Å². The number of nitrogens with zero attached hydrogens (tertiary/aromatic N) is 5. The van der Waals surface area contributed by atoms with Gasteiger partial charge in [-0.05, 0) is 46.2 Å². The van der Waals surface area contributed by atoms with Crippen molar-refractivity contribution in [3.8, 4) is 5.69 Å². The number of likely N-dealkylation sites (tertiary alicyclic amines) is 1. The summed E-state index contributed by atoms with van der Waals surface area (Å²) in [5, 5.41) is 3.35. The summed E-state index contributed by atoms with van der Waals surface area (Å²) in [5.41, 5.74) is 3.18. The number of aryl methyl sites for hydroxylation is 1. The molecule has 8 heteroatoms. The second-order valence-corrected chi connectivity index (χ2v) is 8.41. The summed E-state index contributed by atoms with van der Waals surface area (Å²) in [6.45, 7) is 8.89. The second-order valence-electron chi connectivity index (χ2n) is 8.41. The summed E-state index contributed by atoms with van der Waals surface area (Å²) in [4.78, 5) is 27.4. The number of imidazole rings is 1. The SMILES string of the molecule is Cc1ccc(-n2cnc3cnc(N[C@@H]4CCN(C(=O)OC(C)(C)C)C4)nc32)cc1. The average Bonchev–Trinajstić information content (AvgIpc) is 3.28. The predicted molar refractivity (Wildman–Crippen MR) is 111 cm³/mol.